The van der Waals surface area contributed by atoms with Crippen LogP contribution in [0.3, 0.4) is 0 Å². The molecule has 1 unspecified atom stereocenters. The number of benzene rings is 2. The number of hydrogen-bond acceptors (Lipinski definition) is 4. The summed E-state index contributed by atoms with van der Waals surface area (Å²) in [7, 11) is 0. The molecule has 2 aromatic carbocycles. The SMILES string of the molecule is Cc1c(C(=O)NC(Cc2ncn[nH]2)c2ccccc2)cnn1-c1ccc(F)cc1. The number of carbonyl (C=O) groups is 1. The van der Waals surface area contributed by atoms with E-state index in [0.29, 0.717) is 29.2 Å². The molecule has 8 heteroatoms. The van der Waals surface area contributed by atoms with Crippen molar-refractivity contribution < 1.29 is 9.18 Å². The number of halogens is 1. The molecule has 0 aliphatic heterocycles. The van der Waals surface area contributed by atoms with Crippen LogP contribution in [-0.4, -0.2) is 30.9 Å². The van der Waals surface area contributed by atoms with E-state index in [1.165, 1.54) is 24.7 Å². The van der Waals surface area contributed by atoms with Gasteiger partial charge in [0, 0.05) is 6.42 Å². The Bertz CT molecular complexity index is 1090. The Balaban J connectivity index is 1.58. The Kier molecular flexibility index (Phi) is 5.15. The van der Waals surface area contributed by atoms with Gasteiger partial charge in [0.1, 0.15) is 18.0 Å². The molecule has 4 aromatic rings. The summed E-state index contributed by atoms with van der Waals surface area (Å²) in [5.41, 5.74) is 2.76. The number of nitrogens with one attached hydrogen (secondary N) is 2. The van der Waals surface area contributed by atoms with Crippen molar-refractivity contribution in [3.63, 3.8) is 0 Å². The Labute approximate surface area is 166 Å². The largest absolute Gasteiger partial charge is 0.345 e. The third-order valence-corrected chi connectivity index (χ3v) is 4.70. The summed E-state index contributed by atoms with van der Waals surface area (Å²) >= 11 is 0. The summed E-state index contributed by atoms with van der Waals surface area (Å²) in [6, 6.07) is 15.4. The lowest BCUT2D eigenvalue weighted by Crippen LogP contribution is -2.30. The molecule has 0 saturated carbocycles. The molecule has 0 bridgehead atoms. The minimum absolute atomic E-state index is 0.246. The van der Waals surface area contributed by atoms with Crippen LogP contribution < -0.4 is 5.32 Å². The monoisotopic (exact) mass is 390 g/mol. The van der Waals surface area contributed by atoms with Gasteiger partial charge < -0.3 is 5.32 Å². The predicted octanol–water partition coefficient (Wildman–Crippen LogP) is 3.15. The van der Waals surface area contributed by atoms with E-state index in [0.717, 1.165) is 5.56 Å². The van der Waals surface area contributed by atoms with Gasteiger partial charge >= 0.3 is 0 Å². The van der Waals surface area contributed by atoms with Crippen molar-refractivity contribution in [1.82, 2.24) is 30.3 Å². The van der Waals surface area contributed by atoms with Crippen LogP contribution in [-0.2, 0) is 6.42 Å². The lowest BCUT2D eigenvalue weighted by molar-refractivity contribution is 0.0935. The summed E-state index contributed by atoms with van der Waals surface area (Å²) in [4.78, 5) is 17.2. The topological polar surface area (TPSA) is 88.5 Å². The number of aromatic amines is 1. The second-order valence-electron chi connectivity index (χ2n) is 6.60. The molecule has 0 fully saturated rings. The Morgan fingerprint density at radius 3 is 2.62 bits per heavy atom. The minimum Gasteiger partial charge on any atom is -0.345 e. The normalized spacial score (nSPS) is 11.9. The Morgan fingerprint density at radius 2 is 1.93 bits per heavy atom. The number of nitrogens with zero attached hydrogens (tertiary/aromatic N) is 4. The summed E-state index contributed by atoms with van der Waals surface area (Å²) in [5.74, 6) is 0.108. The number of H-pyrrole nitrogens is 1. The highest BCUT2D eigenvalue weighted by Crippen LogP contribution is 2.19. The van der Waals surface area contributed by atoms with Crippen molar-refractivity contribution in [2.75, 3.05) is 0 Å². The molecule has 2 aromatic heterocycles. The Morgan fingerprint density at radius 1 is 1.17 bits per heavy atom. The molecule has 2 heterocycles. The highest BCUT2D eigenvalue weighted by molar-refractivity contribution is 5.95. The van der Waals surface area contributed by atoms with Gasteiger partial charge in [-0.2, -0.15) is 10.2 Å². The molecule has 0 aliphatic rings. The van der Waals surface area contributed by atoms with E-state index in [4.69, 9.17) is 0 Å². The second-order valence-corrected chi connectivity index (χ2v) is 6.60. The smallest absolute Gasteiger partial charge is 0.255 e. The molecule has 0 saturated heterocycles. The number of amides is 1. The maximum Gasteiger partial charge on any atom is 0.255 e. The molecule has 0 radical (unpaired) electrons. The van der Waals surface area contributed by atoms with Crippen LogP contribution in [0, 0.1) is 12.7 Å². The fraction of sp³-hybridized carbons (Fsp3) is 0.143. The van der Waals surface area contributed by atoms with E-state index in [2.05, 4.69) is 25.6 Å². The first-order valence-electron chi connectivity index (χ1n) is 9.12. The molecule has 1 amide bonds. The van der Waals surface area contributed by atoms with Gasteiger partial charge in [-0.05, 0) is 36.8 Å². The molecule has 7 nitrogen and oxygen atoms in total. The second kappa shape index (κ2) is 8.05. The highest BCUT2D eigenvalue weighted by Gasteiger charge is 2.21. The minimum atomic E-state index is -0.324. The number of hydrogen-bond donors (Lipinski definition) is 2. The fourth-order valence-corrected chi connectivity index (χ4v) is 3.17. The van der Waals surface area contributed by atoms with Crippen molar-refractivity contribution in [1.29, 1.82) is 0 Å². The van der Waals surface area contributed by atoms with Gasteiger partial charge in [0.25, 0.3) is 5.91 Å². The average Bonchev–Trinajstić information content (AvgIpc) is 3.38. The molecular formula is C21H19FN6O. The van der Waals surface area contributed by atoms with Gasteiger partial charge in [-0.15, -0.1) is 0 Å². The van der Waals surface area contributed by atoms with Crippen LogP contribution in [0.4, 0.5) is 4.39 Å². The first-order chi connectivity index (χ1) is 14.1. The standard InChI is InChI=1S/C21H19FN6O/c1-14-18(12-25-28(14)17-9-7-16(22)8-10-17)21(29)26-19(11-20-23-13-24-27-20)15-5-3-2-4-6-15/h2-10,12-13,19H,11H2,1H3,(H,26,29)(H,23,24,27). The lowest BCUT2D eigenvalue weighted by Gasteiger charge is -2.18. The van der Waals surface area contributed by atoms with Crippen LogP contribution in [0.1, 0.15) is 33.5 Å². The van der Waals surface area contributed by atoms with Crippen LogP contribution in [0.2, 0.25) is 0 Å². The van der Waals surface area contributed by atoms with Crippen molar-refractivity contribution in [2.24, 2.45) is 0 Å². The van der Waals surface area contributed by atoms with Crippen molar-refractivity contribution in [3.05, 3.63) is 95.6 Å². The predicted molar refractivity (Wildman–Crippen MR) is 105 cm³/mol. The van der Waals surface area contributed by atoms with Gasteiger partial charge in [0.05, 0.1) is 29.2 Å². The first-order valence-corrected chi connectivity index (χ1v) is 9.12. The van der Waals surface area contributed by atoms with Gasteiger partial charge in [-0.25, -0.2) is 14.1 Å². The van der Waals surface area contributed by atoms with E-state index in [1.807, 2.05) is 30.3 Å². The molecular weight excluding hydrogens is 371 g/mol. The highest BCUT2D eigenvalue weighted by atomic mass is 19.1. The van der Waals surface area contributed by atoms with Gasteiger partial charge in [-0.3, -0.25) is 9.89 Å². The van der Waals surface area contributed by atoms with Gasteiger partial charge in [-0.1, -0.05) is 30.3 Å². The summed E-state index contributed by atoms with van der Waals surface area (Å²) in [6.45, 7) is 1.80. The van der Waals surface area contributed by atoms with E-state index in [1.54, 1.807) is 23.7 Å². The van der Waals surface area contributed by atoms with E-state index >= 15 is 0 Å². The van der Waals surface area contributed by atoms with Crippen molar-refractivity contribution in [2.45, 2.75) is 19.4 Å². The average molecular weight is 390 g/mol. The van der Waals surface area contributed by atoms with Crippen molar-refractivity contribution in [3.8, 4) is 5.69 Å². The maximum absolute atomic E-state index is 13.2. The molecule has 0 aliphatic carbocycles. The summed E-state index contributed by atoms with van der Waals surface area (Å²) in [6.07, 6.45) is 3.43. The number of carbonyl (C=O) groups excluding carboxylic acids is 1. The lowest BCUT2D eigenvalue weighted by atomic mass is 10.0. The molecule has 146 valence electrons. The molecule has 0 spiro atoms. The third kappa shape index (κ3) is 4.06. The first kappa shape index (κ1) is 18.5. The zero-order valence-electron chi connectivity index (χ0n) is 15.7. The maximum atomic E-state index is 13.2. The van der Waals surface area contributed by atoms with E-state index in [-0.39, 0.29) is 17.8 Å². The van der Waals surface area contributed by atoms with E-state index in [9.17, 15) is 9.18 Å². The van der Waals surface area contributed by atoms with Crippen molar-refractivity contribution >= 4 is 5.91 Å². The molecule has 29 heavy (non-hydrogen) atoms. The quantitative estimate of drug-likeness (QED) is 0.529. The summed E-state index contributed by atoms with van der Waals surface area (Å²) in [5, 5.41) is 14.1. The third-order valence-electron chi connectivity index (χ3n) is 4.70. The van der Waals surface area contributed by atoms with E-state index < -0.39 is 0 Å². The van der Waals surface area contributed by atoms with Gasteiger partial charge in [0.15, 0.2) is 0 Å². The van der Waals surface area contributed by atoms with Crippen LogP contribution >= 0.6 is 0 Å². The van der Waals surface area contributed by atoms with Crippen LogP contribution in [0.25, 0.3) is 5.69 Å². The molecule has 4 rings (SSSR count). The van der Waals surface area contributed by atoms with Crippen LogP contribution in [0.15, 0.2) is 67.1 Å². The molecule has 2 N–H and O–H groups in total. The zero-order valence-corrected chi connectivity index (χ0v) is 15.7. The Hall–Kier alpha value is -3.81. The van der Waals surface area contributed by atoms with Crippen LogP contribution in [0.5, 0.6) is 0 Å². The number of rotatable bonds is 6. The zero-order chi connectivity index (χ0) is 20.2. The van der Waals surface area contributed by atoms with Gasteiger partial charge in [0.2, 0.25) is 0 Å². The fourth-order valence-electron chi connectivity index (χ4n) is 3.17. The molecule has 1 atom stereocenters. The number of aromatic nitrogens is 5. The summed E-state index contributed by atoms with van der Waals surface area (Å²) < 4.78 is 14.8.